The van der Waals surface area contributed by atoms with E-state index in [2.05, 4.69) is 10.3 Å². The molecule has 0 aliphatic rings. The van der Waals surface area contributed by atoms with Crippen LogP contribution in [0.15, 0.2) is 84.9 Å². The Kier molecular flexibility index (Phi) is 6.49. The van der Waals surface area contributed by atoms with Crippen molar-refractivity contribution in [2.45, 2.75) is 6.54 Å². The van der Waals surface area contributed by atoms with Crippen molar-refractivity contribution in [3.05, 3.63) is 102 Å². The first-order chi connectivity index (χ1) is 16.4. The molecule has 0 bridgehead atoms. The van der Waals surface area contributed by atoms with Crippen molar-refractivity contribution in [1.82, 2.24) is 9.88 Å². The summed E-state index contributed by atoms with van der Waals surface area (Å²) >= 11 is 0. The molecule has 0 aliphatic carbocycles. The van der Waals surface area contributed by atoms with Gasteiger partial charge in [-0.05, 0) is 54.1 Å². The zero-order valence-corrected chi connectivity index (χ0v) is 18.5. The van der Waals surface area contributed by atoms with E-state index in [0.717, 1.165) is 10.9 Å². The lowest BCUT2D eigenvalue weighted by atomic mass is 10.1. The summed E-state index contributed by atoms with van der Waals surface area (Å²) < 4.78 is 5.48. The molecule has 3 aromatic carbocycles. The average Bonchev–Trinajstić information content (AvgIpc) is 2.84. The molecule has 8 heteroatoms. The largest absolute Gasteiger partial charge is 0.423 e. The van der Waals surface area contributed by atoms with Crippen LogP contribution in [0, 0.1) is 5.41 Å². The van der Waals surface area contributed by atoms with Crippen LogP contribution in [-0.4, -0.2) is 34.8 Å². The molecule has 8 nitrogen and oxygen atoms in total. The Bertz CT molecular complexity index is 1350. The van der Waals surface area contributed by atoms with Gasteiger partial charge in [0, 0.05) is 24.7 Å². The summed E-state index contributed by atoms with van der Waals surface area (Å²) in [4.78, 5) is 31.4. The number of amides is 1. The van der Waals surface area contributed by atoms with Gasteiger partial charge in [0.1, 0.15) is 11.4 Å². The quantitative estimate of drug-likeness (QED) is 0.175. The fourth-order valence-electron chi connectivity index (χ4n) is 3.42. The zero-order valence-electron chi connectivity index (χ0n) is 18.5. The van der Waals surface area contributed by atoms with E-state index in [4.69, 9.17) is 15.9 Å². The number of fused-ring (bicyclic) bond motifs is 1. The number of esters is 1. The number of carbonyl (C=O) groups is 2. The molecule has 0 radical (unpaired) electrons. The van der Waals surface area contributed by atoms with Gasteiger partial charge in [-0.1, -0.05) is 36.4 Å². The summed E-state index contributed by atoms with van der Waals surface area (Å²) in [5.41, 5.74) is 8.25. The first-order valence-electron chi connectivity index (χ1n) is 10.5. The monoisotopic (exact) mass is 453 g/mol. The number of aromatic nitrogens is 1. The van der Waals surface area contributed by atoms with Crippen LogP contribution in [0.4, 0.5) is 5.69 Å². The minimum Gasteiger partial charge on any atom is -0.423 e. The van der Waals surface area contributed by atoms with Gasteiger partial charge in [0.15, 0.2) is 5.96 Å². The summed E-state index contributed by atoms with van der Waals surface area (Å²) in [6.07, 6.45) is 0. The van der Waals surface area contributed by atoms with E-state index in [1.165, 1.54) is 0 Å². The third kappa shape index (κ3) is 5.36. The SMILES string of the molecule is CN(Cc1ccccc1)C(=O)c1ccc2cc(OC(=O)c3ccc(NC(=N)N)cc3)ccc2n1. The van der Waals surface area contributed by atoms with Gasteiger partial charge in [0.2, 0.25) is 0 Å². The molecule has 0 spiro atoms. The van der Waals surface area contributed by atoms with E-state index >= 15 is 0 Å². The summed E-state index contributed by atoms with van der Waals surface area (Å²) in [6.45, 7) is 0.486. The molecule has 0 atom stereocenters. The Morgan fingerprint density at radius 1 is 1.00 bits per heavy atom. The van der Waals surface area contributed by atoms with Gasteiger partial charge in [-0.3, -0.25) is 10.2 Å². The number of carbonyl (C=O) groups excluding carboxylic acids is 2. The van der Waals surface area contributed by atoms with Crippen molar-refractivity contribution in [2.75, 3.05) is 12.4 Å². The van der Waals surface area contributed by atoms with Gasteiger partial charge < -0.3 is 20.7 Å². The van der Waals surface area contributed by atoms with Crippen molar-refractivity contribution in [2.24, 2.45) is 5.73 Å². The molecule has 0 saturated carbocycles. The topological polar surface area (TPSA) is 121 Å². The zero-order chi connectivity index (χ0) is 24.1. The predicted octanol–water partition coefficient (Wildman–Crippen LogP) is 4.03. The van der Waals surface area contributed by atoms with E-state index in [9.17, 15) is 9.59 Å². The average molecular weight is 454 g/mol. The Hall–Kier alpha value is -4.72. The number of pyridine rings is 1. The number of hydrogen-bond acceptors (Lipinski definition) is 5. The maximum atomic E-state index is 12.8. The summed E-state index contributed by atoms with van der Waals surface area (Å²) in [6, 6.07) is 24.7. The van der Waals surface area contributed by atoms with Crippen LogP contribution < -0.4 is 15.8 Å². The minimum absolute atomic E-state index is 0.177. The van der Waals surface area contributed by atoms with E-state index in [0.29, 0.717) is 34.8 Å². The molecule has 0 aliphatic heterocycles. The van der Waals surface area contributed by atoms with Crippen molar-refractivity contribution in [3.63, 3.8) is 0 Å². The summed E-state index contributed by atoms with van der Waals surface area (Å²) in [5.74, 6) is -0.515. The third-order valence-corrected chi connectivity index (χ3v) is 5.10. The van der Waals surface area contributed by atoms with Crippen LogP contribution in [0.1, 0.15) is 26.4 Å². The van der Waals surface area contributed by atoms with Crippen molar-refractivity contribution in [1.29, 1.82) is 5.41 Å². The van der Waals surface area contributed by atoms with Gasteiger partial charge in [0.05, 0.1) is 11.1 Å². The Balaban J connectivity index is 1.45. The van der Waals surface area contributed by atoms with Gasteiger partial charge in [-0.15, -0.1) is 0 Å². The fraction of sp³-hybridized carbons (Fsp3) is 0.0769. The number of nitrogens with one attached hydrogen (secondary N) is 2. The minimum atomic E-state index is -0.518. The molecule has 0 saturated heterocycles. The summed E-state index contributed by atoms with van der Waals surface area (Å²) in [5, 5.41) is 10.6. The van der Waals surface area contributed by atoms with Crippen LogP contribution in [0.2, 0.25) is 0 Å². The molecular formula is C26H23N5O3. The smallest absolute Gasteiger partial charge is 0.343 e. The van der Waals surface area contributed by atoms with Crippen LogP contribution in [-0.2, 0) is 6.54 Å². The number of rotatable bonds is 6. The van der Waals surface area contributed by atoms with Crippen LogP contribution in [0.3, 0.4) is 0 Å². The molecule has 1 heterocycles. The maximum absolute atomic E-state index is 12.8. The lowest BCUT2D eigenvalue weighted by molar-refractivity contribution is 0.0734. The van der Waals surface area contributed by atoms with E-state index in [1.807, 2.05) is 30.3 Å². The highest BCUT2D eigenvalue weighted by molar-refractivity contribution is 5.96. The van der Waals surface area contributed by atoms with Gasteiger partial charge in [0.25, 0.3) is 5.91 Å². The fourth-order valence-corrected chi connectivity index (χ4v) is 3.42. The second-order valence-corrected chi connectivity index (χ2v) is 7.70. The lowest BCUT2D eigenvalue weighted by Gasteiger charge is -2.17. The molecule has 0 unspecified atom stereocenters. The Morgan fingerprint density at radius 2 is 1.74 bits per heavy atom. The molecule has 1 amide bonds. The van der Waals surface area contributed by atoms with Crippen LogP contribution >= 0.6 is 0 Å². The van der Waals surface area contributed by atoms with Crippen molar-refractivity contribution >= 4 is 34.4 Å². The first-order valence-corrected chi connectivity index (χ1v) is 10.5. The highest BCUT2D eigenvalue weighted by Crippen LogP contribution is 2.22. The van der Waals surface area contributed by atoms with Crippen molar-refractivity contribution < 1.29 is 14.3 Å². The second-order valence-electron chi connectivity index (χ2n) is 7.70. The van der Waals surface area contributed by atoms with Gasteiger partial charge in [-0.2, -0.15) is 0 Å². The Morgan fingerprint density at radius 3 is 2.44 bits per heavy atom. The molecular weight excluding hydrogens is 430 g/mol. The van der Waals surface area contributed by atoms with Crippen LogP contribution in [0.25, 0.3) is 10.9 Å². The number of guanidine groups is 1. The van der Waals surface area contributed by atoms with E-state index < -0.39 is 5.97 Å². The second kappa shape index (κ2) is 9.83. The third-order valence-electron chi connectivity index (χ3n) is 5.10. The maximum Gasteiger partial charge on any atom is 0.343 e. The number of nitrogens with zero attached hydrogens (tertiary/aromatic N) is 2. The number of ether oxygens (including phenoxy) is 1. The highest BCUT2D eigenvalue weighted by Gasteiger charge is 2.15. The summed E-state index contributed by atoms with van der Waals surface area (Å²) in [7, 11) is 1.74. The standard InChI is InChI=1S/C26H23N5O3/c1-31(16-17-5-3-2-4-6-17)24(32)23-13-9-19-15-21(12-14-22(19)30-23)34-25(33)18-7-10-20(11-8-18)29-26(27)28/h2-15H,16H2,1H3,(H4,27,28,29). The molecule has 4 rings (SSSR count). The first kappa shape index (κ1) is 22.5. The molecule has 4 N–H and O–H groups in total. The van der Waals surface area contributed by atoms with Gasteiger partial charge in [-0.25, -0.2) is 9.78 Å². The predicted molar refractivity (Wildman–Crippen MR) is 131 cm³/mol. The Labute approximate surface area is 196 Å². The molecule has 34 heavy (non-hydrogen) atoms. The lowest BCUT2D eigenvalue weighted by Crippen LogP contribution is -2.26. The number of benzene rings is 3. The number of anilines is 1. The van der Waals surface area contributed by atoms with Crippen LogP contribution in [0.5, 0.6) is 5.75 Å². The molecule has 1 aromatic heterocycles. The number of hydrogen-bond donors (Lipinski definition) is 3. The molecule has 0 fully saturated rings. The van der Waals surface area contributed by atoms with Gasteiger partial charge >= 0.3 is 5.97 Å². The number of nitrogens with two attached hydrogens (primary N) is 1. The van der Waals surface area contributed by atoms with E-state index in [1.54, 1.807) is 66.5 Å². The van der Waals surface area contributed by atoms with E-state index in [-0.39, 0.29) is 11.9 Å². The molecule has 4 aromatic rings. The van der Waals surface area contributed by atoms with Crippen molar-refractivity contribution in [3.8, 4) is 5.75 Å². The highest BCUT2D eigenvalue weighted by atomic mass is 16.5. The normalized spacial score (nSPS) is 10.5. The molecule has 170 valence electrons.